The number of nitrogens with one attached hydrogen (secondary N) is 1. The molecule has 1 heterocycles. The Labute approximate surface area is 110 Å². The second kappa shape index (κ2) is 5.90. The first-order chi connectivity index (χ1) is 9.20. The van der Waals surface area contributed by atoms with Crippen LogP contribution in [0.1, 0.15) is 6.92 Å². The third-order valence-corrected chi connectivity index (χ3v) is 2.42. The summed E-state index contributed by atoms with van der Waals surface area (Å²) in [4.78, 5) is 22.8. The SMILES string of the molecule is CCOc1ccccc1NC(=O)C1C=CC(=O)N=N1. The van der Waals surface area contributed by atoms with Crippen LogP contribution in [-0.2, 0) is 9.59 Å². The van der Waals surface area contributed by atoms with Crippen LogP contribution in [0.5, 0.6) is 5.75 Å². The molecule has 6 heteroatoms. The molecule has 1 N–H and O–H groups in total. The van der Waals surface area contributed by atoms with Gasteiger partial charge in [0, 0.05) is 6.08 Å². The van der Waals surface area contributed by atoms with Crippen LogP contribution in [0.15, 0.2) is 46.6 Å². The first kappa shape index (κ1) is 12.9. The fourth-order valence-electron chi connectivity index (χ4n) is 1.56. The fourth-order valence-corrected chi connectivity index (χ4v) is 1.56. The minimum Gasteiger partial charge on any atom is -0.492 e. The predicted molar refractivity (Wildman–Crippen MR) is 69.0 cm³/mol. The molecule has 0 aliphatic carbocycles. The fraction of sp³-hybridized carbons (Fsp3) is 0.231. The molecule has 1 aliphatic rings. The summed E-state index contributed by atoms with van der Waals surface area (Å²) in [5.74, 6) is -0.232. The van der Waals surface area contributed by atoms with E-state index in [0.29, 0.717) is 18.0 Å². The van der Waals surface area contributed by atoms with Gasteiger partial charge >= 0.3 is 0 Å². The van der Waals surface area contributed by atoms with E-state index in [1.165, 1.54) is 12.2 Å². The lowest BCUT2D eigenvalue weighted by Gasteiger charge is -2.13. The Bertz CT molecular complexity index is 536. The first-order valence-electron chi connectivity index (χ1n) is 5.86. The smallest absolute Gasteiger partial charge is 0.287 e. The van der Waals surface area contributed by atoms with E-state index in [-0.39, 0.29) is 5.91 Å². The minimum atomic E-state index is -0.785. The molecule has 0 saturated heterocycles. The maximum atomic E-state index is 11.9. The Hall–Kier alpha value is -2.50. The normalized spacial score (nSPS) is 17.3. The monoisotopic (exact) mass is 259 g/mol. The number of anilines is 1. The van der Waals surface area contributed by atoms with E-state index in [4.69, 9.17) is 4.74 Å². The Morgan fingerprint density at radius 3 is 2.89 bits per heavy atom. The zero-order valence-corrected chi connectivity index (χ0v) is 10.4. The molecule has 1 aromatic carbocycles. The van der Waals surface area contributed by atoms with E-state index in [1.54, 1.807) is 18.2 Å². The van der Waals surface area contributed by atoms with Gasteiger partial charge in [0.15, 0.2) is 6.04 Å². The predicted octanol–water partition coefficient (Wildman–Crippen LogP) is 1.94. The Kier molecular flexibility index (Phi) is 4.02. The number of hydrogen-bond donors (Lipinski definition) is 1. The van der Waals surface area contributed by atoms with Gasteiger partial charge in [0.2, 0.25) is 0 Å². The number of nitrogens with zero attached hydrogens (tertiary/aromatic N) is 2. The Morgan fingerprint density at radius 1 is 1.42 bits per heavy atom. The van der Waals surface area contributed by atoms with E-state index in [9.17, 15) is 9.59 Å². The number of azo groups is 1. The molecule has 0 radical (unpaired) electrons. The van der Waals surface area contributed by atoms with Gasteiger partial charge in [0.25, 0.3) is 11.8 Å². The molecule has 2 rings (SSSR count). The van der Waals surface area contributed by atoms with Crippen LogP contribution >= 0.6 is 0 Å². The number of amides is 2. The standard InChI is InChI=1S/C13H13N3O3/c1-2-19-11-6-4-3-5-9(11)14-13(18)10-7-8-12(17)16-15-10/h3-8,10H,2H2,1H3,(H,14,18). The summed E-state index contributed by atoms with van der Waals surface area (Å²) in [5.41, 5.74) is 0.565. The second-order valence-corrected chi connectivity index (χ2v) is 3.78. The van der Waals surface area contributed by atoms with Gasteiger partial charge in [-0.15, -0.1) is 5.11 Å². The van der Waals surface area contributed by atoms with E-state index in [0.717, 1.165) is 0 Å². The third-order valence-electron chi connectivity index (χ3n) is 2.42. The number of rotatable bonds is 4. The highest BCUT2D eigenvalue weighted by Gasteiger charge is 2.19. The summed E-state index contributed by atoms with van der Waals surface area (Å²) in [6, 6.07) is 6.32. The van der Waals surface area contributed by atoms with Crippen LogP contribution in [0, 0.1) is 0 Å². The number of carbonyl (C=O) groups is 2. The van der Waals surface area contributed by atoms with E-state index in [2.05, 4.69) is 15.5 Å². The summed E-state index contributed by atoms with van der Waals surface area (Å²) in [6.45, 7) is 2.37. The van der Waals surface area contributed by atoms with Crippen molar-refractivity contribution in [3.8, 4) is 5.75 Å². The van der Waals surface area contributed by atoms with Crippen molar-refractivity contribution in [2.24, 2.45) is 10.2 Å². The lowest BCUT2D eigenvalue weighted by Crippen LogP contribution is -2.26. The van der Waals surface area contributed by atoms with Crippen molar-refractivity contribution < 1.29 is 14.3 Å². The third kappa shape index (κ3) is 3.25. The van der Waals surface area contributed by atoms with Crippen molar-refractivity contribution in [3.63, 3.8) is 0 Å². The highest BCUT2D eigenvalue weighted by molar-refractivity contribution is 5.99. The molecule has 1 unspecified atom stereocenters. The van der Waals surface area contributed by atoms with Gasteiger partial charge in [-0.05, 0) is 25.1 Å². The van der Waals surface area contributed by atoms with Crippen LogP contribution in [0.3, 0.4) is 0 Å². The average Bonchev–Trinajstić information content (AvgIpc) is 2.42. The molecule has 0 fully saturated rings. The highest BCUT2D eigenvalue weighted by atomic mass is 16.5. The molecule has 0 bridgehead atoms. The van der Waals surface area contributed by atoms with Crippen LogP contribution in [-0.4, -0.2) is 24.5 Å². The number of para-hydroxylation sites is 2. The van der Waals surface area contributed by atoms with Crippen LogP contribution in [0.25, 0.3) is 0 Å². The summed E-state index contributed by atoms with van der Waals surface area (Å²) in [5, 5.41) is 9.66. The van der Waals surface area contributed by atoms with Gasteiger partial charge in [0.05, 0.1) is 12.3 Å². The molecule has 19 heavy (non-hydrogen) atoms. The second-order valence-electron chi connectivity index (χ2n) is 3.78. The molecule has 1 aliphatic heterocycles. The van der Waals surface area contributed by atoms with Gasteiger partial charge in [-0.1, -0.05) is 12.1 Å². The molecule has 6 nitrogen and oxygen atoms in total. The molecule has 98 valence electrons. The number of carbonyl (C=O) groups excluding carboxylic acids is 2. The molecule has 1 atom stereocenters. The molecule has 0 spiro atoms. The molecular weight excluding hydrogens is 246 g/mol. The zero-order valence-electron chi connectivity index (χ0n) is 10.4. The zero-order chi connectivity index (χ0) is 13.7. The van der Waals surface area contributed by atoms with Gasteiger partial charge in [0.1, 0.15) is 5.75 Å². The van der Waals surface area contributed by atoms with Crippen molar-refractivity contribution in [2.75, 3.05) is 11.9 Å². The van der Waals surface area contributed by atoms with Crippen LogP contribution < -0.4 is 10.1 Å². The topological polar surface area (TPSA) is 80.1 Å². The van der Waals surface area contributed by atoms with Crippen molar-refractivity contribution in [1.82, 2.24) is 0 Å². The van der Waals surface area contributed by atoms with Crippen molar-refractivity contribution in [2.45, 2.75) is 13.0 Å². The van der Waals surface area contributed by atoms with Crippen LogP contribution in [0.4, 0.5) is 5.69 Å². The van der Waals surface area contributed by atoms with Crippen molar-refractivity contribution in [1.29, 1.82) is 0 Å². The van der Waals surface area contributed by atoms with E-state index < -0.39 is 11.9 Å². The largest absolute Gasteiger partial charge is 0.492 e. The first-order valence-corrected chi connectivity index (χ1v) is 5.86. The Balaban J connectivity index is 2.09. The van der Waals surface area contributed by atoms with Gasteiger partial charge in [-0.3, -0.25) is 9.59 Å². The quantitative estimate of drug-likeness (QED) is 0.897. The van der Waals surface area contributed by atoms with Gasteiger partial charge in [-0.25, -0.2) is 0 Å². The number of hydrogen-bond acceptors (Lipinski definition) is 4. The summed E-state index contributed by atoms with van der Waals surface area (Å²) < 4.78 is 5.40. The maximum Gasteiger partial charge on any atom is 0.287 e. The molecule has 0 saturated carbocycles. The van der Waals surface area contributed by atoms with Gasteiger partial charge in [-0.2, -0.15) is 5.11 Å². The number of benzene rings is 1. The molecule has 1 aromatic rings. The molecule has 2 amide bonds. The van der Waals surface area contributed by atoms with Crippen molar-refractivity contribution >= 4 is 17.5 Å². The lowest BCUT2D eigenvalue weighted by atomic mass is 10.2. The summed E-state index contributed by atoms with van der Waals surface area (Å²) in [6.07, 6.45) is 2.64. The minimum absolute atomic E-state index is 0.361. The number of ether oxygens (including phenoxy) is 1. The summed E-state index contributed by atoms with van der Waals surface area (Å²) in [7, 11) is 0. The summed E-state index contributed by atoms with van der Waals surface area (Å²) >= 11 is 0. The molecule has 0 aromatic heterocycles. The highest BCUT2D eigenvalue weighted by Crippen LogP contribution is 2.24. The maximum absolute atomic E-state index is 11.9. The Morgan fingerprint density at radius 2 is 2.21 bits per heavy atom. The molecular formula is C13H13N3O3. The van der Waals surface area contributed by atoms with Gasteiger partial charge < -0.3 is 10.1 Å². The average molecular weight is 259 g/mol. The van der Waals surface area contributed by atoms with Crippen LogP contribution in [0.2, 0.25) is 0 Å². The van der Waals surface area contributed by atoms with Crippen molar-refractivity contribution in [3.05, 3.63) is 36.4 Å². The van der Waals surface area contributed by atoms with E-state index >= 15 is 0 Å². The lowest BCUT2D eigenvalue weighted by molar-refractivity contribution is -0.117. The van der Waals surface area contributed by atoms with E-state index in [1.807, 2.05) is 13.0 Å².